The lowest BCUT2D eigenvalue weighted by molar-refractivity contribution is 0.0949. The third-order valence-electron chi connectivity index (χ3n) is 3.41. The zero-order chi connectivity index (χ0) is 17.9. The molecule has 0 fully saturated rings. The van der Waals surface area contributed by atoms with Crippen molar-refractivity contribution in [2.24, 2.45) is 5.92 Å². The number of anilines is 1. The summed E-state index contributed by atoms with van der Waals surface area (Å²) in [6.07, 6.45) is 0. The Labute approximate surface area is 140 Å². The van der Waals surface area contributed by atoms with Gasteiger partial charge in [-0.1, -0.05) is 19.0 Å². The molecule has 0 atom stereocenters. The number of benzene rings is 1. The van der Waals surface area contributed by atoms with Gasteiger partial charge in [-0.3, -0.25) is 4.79 Å². The first kappa shape index (κ1) is 17.8. The summed E-state index contributed by atoms with van der Waals surface area (Å²) in [5.74, 6) is 0.300. The molecule has 1 aromatic carbocycles. The number of methoxy groups -OCH3 is 1. The molecular formula is C17H22FN3O3. The van der Waals surface area contributed by atoms with Crippen LogP contribution in [0.25, 0.3) is 11.3 Å². The van der Waals surface area contributed by atoms with E-state index >= 15 is 0 Å². The van der Waals surface area contributed by atoms with Crippen molar-refractivity contribution in [3.63, 3.8) is 0 Å². The highest BCUT2D eigenvalue weighted by Gasteiger charge is 2.26. The molecule has 2 rings (SSSR count). The zero-order valence-electron chi connectivity index (χ0n) is 14.5. The van der Waals surface area contributed by atoms with Crippen LogP contribution in [-0.4, -0.2) is 38.8 Å². The molecule has 1 amide bonds. The van der Waals surface area contributed by atoms with Gasteiger partial charge in [-0.25, -0.2) is 4.39 Å². The van der Waals surface area contributed by atoms with Gasteiger partial charge in [0, 0.05) is 26.2 Å². The smallest absolute Gasteiger partial charge is 0.259 e. The zero-order valence-corrected chi connectivity index (χ0v) is 14.5. The molecular weight excluding hydrogens is 313 g/mol. The van der Waals surface area contributed by atoms with Crippen molar-refractivity contribution in [1.82, 2.24) is 10.5 Å². The monoisotopic (exact) mass is 335 g/mol. The Bertz CT molecular complexity index is 726. The van der Waals surface area contributed by atoms with E-state index in [2.05, 4.69) is 10.5 Å². The topological polar surface area (TPSA) is 67.6 Å². The van der Waals surface area contributed by atoms with Gasteiger partial charge in [0.05, 0.1) is 7.11 Å². The van der Waals surface area contributed by atoms with Crippen molar-refractivity contribution in [3.8, 4) is 17.1 Å². The van der Waals surface area contributed by atoms with Gasteiger partial charge in [-0.05, 0) is 24.1 Å². The van der Waals surface area contributed by atoms with Crippen LogP contribution in [0.15, 0.2) is 22.7 Å². The van der Waals surface area contributed by atoms with Crippen LogP contribution in [0.3, 0.4) is 0 Å². The fraction of sp³-hybridized carbons (Fsp3) is 0.412. The quantitative estimate of drug-likeness (QED) is 0.879. The number of halogens is 1. The average molecular weight is 335 g/mol. The molecule has 0 bridgehead atoms. The molecule has 0 saturated heterocycles. The van der Waals surface area contributed by atoms with Gasteiger partial charge in [0.25, 0.3) is 5.91 Å². The van der Waals surface area contributed by atoms with Crippen molar-refractivity contribution in [1.29, 1.82) is 0 Å². The van der Waals surface area contributed by atoms with E-state index in [-0.39, 0.29) is 17.4 Å². The van der Waals surface area contributed by atoms with E-state index in [1.54, 1.807) is 19.0 Å². The van der Waals surface area contributed by atoms with E-state index in [0.717, 1.165) is 0 Å². The maximum Gasteiger partial charge on any atom is 0.259 e. The second-order valence-electron chi connectivity index (χ2n) is 6.06. The Kier molecular flexibility index (Phi) is 5.43. The van der Waals surface area contributed by atoms with E-state index in [1.807, 2.05) is 13.8 Å². The summed E-state index contributed by atoms with van der Waals surface area (Å²) in [4.78, 5) is 14.3. The lowest BCUT2D eigenvalue weighted by atomic mass is 10.1. The summed E-state index contributed by atoms with van der Waals surface area (Å²) in [7, 11) is 4.92. The molecule has 1 heterocycles. The fourth-order valence-electron chi connectivity index (χ4n) is 2.17. The van der Waals surface area contributed by atoms with Gasteiger partial charge in [-0.2, -0.15) is 0 Å². The molecule has 1 aromatic heterocycles. The summed E-state index contributed by atoms with van der Waals surface area (Å²) in [6, 6.07) is 4.27. The number of carbonyl (C=O) groups is 1. The standard InChI is InChI=1S/C17H22FN3O3/c1-10(2)9-19-17(22)14-15(24-20-16(14)21(3)4)11-6-7-12(18)13(8-11)23-5/h6-8,10H,9H2,1-5H3,(H,19,22). The number of rotatable bonds is 6. The summed E-state index contributed by atoms with van der Waals surface area (Å²) in [5.41, 5.74) is 0.831. The second-order valence-corrected chi connectivity index (χ2v) is 6.06. The van der Waals surface area contributed by atoms with E-state index in [1.165, 1.54) is 25.3 Å². The van der Waals surface area contributed by atoms with Crippen LogP contribution in [0.2, 0.25) is 0 Å². The van der Waals surface area contributed by atoms with Crippen molar-refractivity contribution >= 4 is 11.7 Å². The van der Waals surface area contributed by atoms with Crippen LogP contribution >= 0.6 is 0 Å². The van der Waals surface area contributed by atoms with Crippen molar-refractivity contribution in [2.45, 2.75) is 13.8 Å². The summed E-state index contributed by atoms with van der Waals surface area (Å²) < 4.78 is 24.0. The Hall–Kier alpha value is -2.57. The molecule has 0 saturated carbocycles. The van der Waals surface area contributed by atoms with Gasteiger partial charge < -0.3 is 19.5 Å². The van der Waals surface area contributed by atoms with E-state index in [9.17, 15) is 9.18 Å². The summed E-state index contributed by atoms with van der Waals surface area (Å²) >= 11 is 0. The molecule has 1 N–H and O–H groups in total. The molecule has 6 nitrogen and oxygen atoms in total. The molecule has 0 radical (unpaired) electrons. The maximum absolute atomic E-state index is 13.6. The normalized spacial score (nSPS) is 10.8. The van der Waals surface area contributed by atoms with Gasteiger partial charge in [0.15, 0.2) is 23.1 Å². The summed E-state index contributed by atoms with van der Waals surface area (Å²) in [6.45, 7) is 4.54. The molecule has 0 aliphatic rings. The number of ether oxygens (including phenoxy) is 1. The third-order valence-corrected chi connectivity index (χ3v) is 3.41. The van der Waals surface area contributed by atoms with Gasteiger partial charge in [0.1, 0.15) is 5.56 Å². The largest absolute Gasteiger partial charge is 0.494 e. The average Bonchev–Trinajstić information content (AvgIpc) is 2.98. The van der Waals surface area contributed by atoms with Gasteiger partial charge in [-0.15, -0.1) is 0 Å². The number of hydrogen-bond donors (Lipinski definition) is 1. The first-order valence-electron chi connectivity index (χ1n) is 7.64. The second kappa shape index (κ2) is 7.33. The van der Waals surface area contributed by atoms with E-state index < -0.39 is 5.82 Å². The number of carbonyl (C=O) groups excluding carboxylic acids is 1. The van der Waals surface area contributed by atoms with Crippen LogP contribution < -0.4 is 15.0 Å². The molecule has 0 spiro atoms. The molecule has 0 unspecified atom stereocenters. The lowest BCUT2D eigenvalue weighted by Gasteiger charge is -2.12. The maximum atomic E-state index is 13.6. The number of nitrogens with one attached hydrogen (secondary N) is 1. The number of aromatic nitrogens is 1. The van der Waals surface area contributed by atoms with Crippen molar-refractivity contribution < 1.29 is 18.4 Å². The minimum absolute atomic E-state index is 0.0730. The van der Waals surface area contributed by atoms with Crippen LogP contribution in [0.4, 0.5) is 10.2 Å². The van der Waals surface area contributed by atoms with Crippen LogP contribution in [0, 0.1) is 11.7 Å². The molecule has 2 aromatic rings. The lowest BCUT2D eigenvalue weighted by Crippen LogP contribution is -2.29. The van der Waals surface area contributed by atoms with Crippen LogP contribution in [-0.2, 0) is 0 Å². The first-order valence-corrected chi connectivity index (χ1v) is 7.64. The van der Waals surface area contributed by atoms with E-state index in [4.69, 9.17) is 9.26 Å². The molecule has 130 valence electrons. The Morgan fingerprint density at radius 3 is 2.71 bits per heavy atom. The highest BCUT2D eigenvalue weighted by molar-refractivity contribution is 6.04. The Morgan fingerprint density at radius 2 is 2.12 bits per heavy atom. The molecule has 24 heavy (non-hydrogen) atoms. The number of hydrogen-bond acceptors (Lipinski definition) is 5. The van der Waals surface area contributed by atoms with Crippen molar-refractivity contribution in [2.75, 3.05) is 32.6 Å². The predicted octanol–water partition coefficient (Wildman–Crippen LogP) is 2.94. The van der Waals surface area contributed by atoms with Crippen LogP contribution in [0.5, 0.6) is 5.75 Å². The van der Waals surface area contributed by atoms with Gasteiger partial charge >= 0.3 is 0 Å². The minimum Gasteiger partial charge on any atom is -0.494 e. The SMILES string of the molecule is COc1cc(-c2onc(N(C)C)c2C(=O)NCC(C)C)ccc1F. The highest BCUT2D eigenvalue weighted by Crippen LogP contribution is 2.33. The third kappa shape index (κ3) is 3.67. The Balaban J connectivity index is 2.49. The highest BCUT2D eigenvalue weighted by atomic mass is 19.1. The fourth-order valence-corrected chi connectivity index (χ4v) is 2.17. The minimum atomic E-state index is -0.487. The summed E-state index contributed by atoms with van der Waals surface area (Å²) in [5, 5.41) is 6.83. The predicted molar refractivity (Wildman–Crippen MR) is 89.9 cm³/mol. The first-order chi connectivity index (χ1) is 11.3. The van der Waals surface area contributed by atoms with Crippen molar-refractivity contribution in [3.05, 3.63) is 29.6 Å². The Morgan fingerprint density at radius 1 is 1.42 bits per heavy atom. The number of nitrogens with zero attached hydrogens (tertiary/aromatic N) is 2. The van der Waals surface area contributed by atoms with E-state index in [0.29, 0.717) is 29.4 Å². The number of amides is 1. The molecule has 7 heteroatoms. The molecule has 0 aliphatic heterocycles. The van der Waals surface area contributed by atoms with Crippen LogP contribution in [0.1, 0.15) is 24.2 Å². The van der Waals surface area contributed by atoms with Gasteiger partial charge in [0.2, 0.25) is 0 Å². The molecule has 0 aliphatic carbocycles.